The summed E-state index contributed by atoms with van der Waals surface area (Å²) >= 11 is 0. The first-order valence-electron chi connectivity index (χ1n) is 7.35. The molecule has 2 bridgehead atoms. The van der Waals surface area contributed by atoms with Crippen LogP contribution >= 0.6 is 0 Å². The summed E-state index contributed by atoms with van der Waals surface area (Å²) in [5.41, 5.74) is 2.12. The molecule has 20 heavy (non-hydrogen) atoms. The van der Waals surface area contributed by atoms with Crippen LogP contribution in [0.15, 0.2) is 18.2 Å². The lowest BCUT2D eigenvalue weighted by Gasteiger charge is -2.24. The molecule has 2 unspecified atom stereocenters. The molecule has 2 aliphatic rings. The number of fused-ring (bicyclic) bond motifs is 2. The monoisotopic (exact) mass is 275 g/mol. The zero-order valence-electron chi connectivity index (χ0n) is 11.8. The zero-order chi connectivity index (χ0) is 14.1. The summed E-state index contributed by atoms with van der Waals surface area (Å²) in [4.78, 5) is 13.2. The fraction of sp³-hybridized carbons (Fsp3) is 0.600. The Hall–Kier alpha value is -1.46. The lowest BCUT2D eigenvalue weighted by Crippen LogP contribution is -2.35. The molecular formula is C15H21N3O2. The predicted molar refractivity (Wildman–Crippen MR) is 77.7 cm³/mol. The van der Waals surface area contributed by atoms with Gasteiger partial charge in [-0.05, 0) is 31.7 Å². The lowest BCUT2D eigenvalue weighted by atomic mass is 10.0. The molecule has 1 aromatic carbocycles. The minimum Gasteiger partial charge on any atom is -0.310 e. The third kappa shape index (κ3) is 2.69. The molecule has 0 aromatic heterocycles. The van der Waals surface area contributed by atoms with Crippen molar-refractivity contribution < 1.29 is 4.92 Å². The van der Waals surface area contributed by atoms with E-state index < -0.39 is 0 Å². The summed E-state index contributed by atoms with van der Waals surface area (Å²) < 4.78 is 0. The molecule has 2 heterocycles. The second-order valence-corrected chi connectivity index (χ2v) is 5.98. The van der Waals surface area contributed by atoms with Gasteiger partial charge in [0.05, 0.1) is 4.92 Å². The van der Waals surface area contributed by atoms with Gasteiger partial charge in [0.15, 0.2) is 0 Å². The molecule has 0 radical (unpaired) electrons. The molecule has 0 saturated carbocycles. The maximum Gasteiger partial charge on any atom is 0.272 e. The van der Waals surface area contributed by atoms with E-state index in [1.54, 1.807) is 12.1 Å². The molecule has 2 saturated heterocycles. The summed E-state index contributed by atoms with van der Waals surface area (Å²) in [6.07, 6.45) is 3.74. The van der Waals surface area contributed by atoms with Gasteiger partial charge in [-0.2, -0.15) is 0 Å². The number of nitro benzene ring substituents is 1. The minimum atomic E-state index is -0.287. The summed E-state index contributed by atoms with van der Waals surface area (Å²) in [7, 11) is 0. The van der Waals surface area contributed by atoms with E-state index in [0.29, 0.717) is 12.1 Å². The van der Waals surface area contributed by atoms with Crippen LogP contribution in [0.1, 0.15) is 30.4 Å². The molecule has 0 spiro atoms. The number of hydrogen-bond acceptors (Lipinski definition) is 4. The Kier molecular flexibility index (Phi) is 3.72. The summed E-state index contributed by atoms with van der Waals surface area (Å²) in [6.45, 7) is 4.81. The third-order valence-corrected chi connectivity index (χ3v) is 4.62. The highest BCUT2D eigenvalue weighted by Crippen LogP contribution is 2.25. The standard InChI is InChI=1S/C15H21N3O2/c1-11-12(3-2-4-15(11)18(19)20)9-17-8-7-13-5-6-14(10-17)16-13/h2-4,13-14,16H,5-10H2,1H3. The smallest absolute Gasteiger partial charge is 0.272 e. The van der Waals surface area contributed by atoms with Crippen LogP contribution in [-0.4, -0.2) is 35.0 Å². The van der Waals surface area contributed by atoms with Crippen LogP contribution in [-0.2, 0) is 6.54 Å². The average molecular weight is 275 g/mol. The SMILES string of the molecule is Cc1c(CN2CCC3CCC(C2)N3)cccc1[N+](=O)[O-]. The van der Waals surface area contributed by atoms with E-state index in [1.807, 2.05) is 13.0 Å². The van der Waals surface area contributed by atoms with Gasteiger partial charge in [0.2, 0.25) is 0 Å². The molecule has 3 rings (SSSR count). The van der Waals surface area contributed by atoms with Crippen molar-refractivity contribution in [2.24, 2.45) is 0 Å². The van der Waals surface area contributed by atoms with Gasteiger partial charge in [-0.15, -0.1) is 0 Å². The van der Waals surface area contributed by atoms with Crippen molar-refractivity contribution in [3.63, 3.8) is 0 Å². The van der Waals surface area contributed by atoms with Gasteiger partial charge >= 0.3 is 0 Å². The fourth-order valence-corrected chi connectivity index (χ4v) is 3.44. The first-order valence-corrected chi connectivity index (χ1v) is 7.35. The van der Waals surface area contributed by atoms with E-state index in [4.69, 9.17) is 0 Å². The Balaban J connectivity index is 1.74. The summed E-state index contributed by atoms with van der Waals surface area (Å²) in [6, 6.07) is 6.67. The molecule has 2 atom stereocenters. The average Bonchev–Trinajstić information content (AvgIpc) is 2.74. The maximum absolute atomic E-state index is 11.0. The molecular weight excluding hydrogens is 254 g/mol. The Morgan fingerprint density at radius 3 is 2.95 bits per heavy atom. The Labute approximate surface area is 119 Å². The van der Waals surface area contributed by atoms with Crippen LogP contribution in [0.3, 0.4) is 0 Å². The van der Waals surface area contributed by atoms with Crippen molar-refractivity contribution in [1.29, 1.82) is 0 Å². The van der Waals surface area contributed by atoms with E-state index in [1.165, 1.54) is 19.3 Å². The molecule has 2 fully saturated rings. The van der Waals surface area contributed by atoms with Gasteiger partial charge in [-0.25, -0.2) is 0 Å². The third-order valence-electron chi connectivity index (χ3n) is 4.62. The lowest BCUT2D eigenvalue weighted by molar-refractivity contribution is -0.385. The van der Waals surface area contributed by atoms with Gasteiger partial charge in [-0.1, -0.05) is 12.1 Å². The van der Waals surface area contributed by atoms with Crippen LogP contribution in [0.2, 0.25) is 0 Å². The highest BCUT2D eigenvalue weighted by atomic mass is 16.6. The molecule has 0 aliphatic carbocycles. The molecule has 1 aromatic rings. The van der Waals surface area contributed by atoms with E-state index in [0.717, 1.165) is 30.8 Å². The van der Waals surface area contributed by atoms with E-state index in [-0.39, 0.29) is 10.6 Å². The molecule has 108 valence electrons. The van der Waals surface area contributed by atoms with Crippen molar-refractivity contribution in [3.05, 3.63) is 39.4 Å². The molecule has 1 N–H and O–H groups in total. The van der Waals surface area contributed by atoms with Gasteiger partial charge in [0.25, 0.3) is 5.69 Å². The topological polar surface area (TPSA) is 58.4 Å². The van der Waals surface area contributed by atoms with Gasteiger partial charge in [0, 0.05) is 43.3 Å². The summed E-state index contributed by atoms with van der Waals surface area (Å²) in [5, 5.41) is 14.7. The molecule has 5 heteroatoms. The van der Waals surface area contributed by atoms with E-state index in [9.17, 15) is 10.1 Å². The Morgan fingerprint density at radius 1 is 1.35 bits per heavy atom. The van der Waals surface area contributed by atoms with Gasteiger partial charge in [-0.3, -0.25) is 15.0 Å². The largest absolute Gasteiger partial charge is 0.310 e. The zero-order valence-corrected chi connectivity index (χ0v) is 11.8. The highest BCUT2D eigenvalue weighted by molar-refractivity contribution is 5.44. The van der Waals surface area contributed by atoms with Crippen molar-refractivity contribution in [2.75, 3.05) is 13.1 Å². The van der Waals surface area contributed by atoms with E-state index >= 15 is 0 Å². The quantitative estimate of drug-likeness (QED) is 0.679. The molecule has 5 nitrogen and oxygen atoms in total. The van der Waals surface area contributed by atoms with Crippen LogP contribution < -0.4 is 5.32 Å². The van der Waals surface area contributed by atoms with E-state index in [2.05, 4.69) is 10.2 Å². The predicted octanol–water partition coefficient (Wildman–Crippen LogP) is 2.23. The minimum absolute atomic E-state index is 0.233. The van der Waals surface area contributed by atoms with Crippen molar-refractivity contribution in [1.82, 2.24) is 10.2 Å². The number of nitrogens with zero attached hydrogens (tertiary/aromatic N) is 2. The van der Waals surface area contributed by atoms with Gasteiger partial charge in [0.1, 0.15) is 0 Å². The second-order valence-electron chi connectivity index (χ2n) is 5.98. The molecule has 2 aliphatic heterocycles. The van der Waals surface area contributed by atoms with Crippen LogP contribution in [0.5, 0.6) is 0 Å². The first kappa shape index (κ1) is 13.5. The van der Waals surface area contributed by atoms with Crippen LogP contribution in [0.25, 0.3) is 0 Å². The second kappa shape index (κ2) is 5.50. The molecule has 0 amide bonds. The van der Waals surface area contributed by atoms with Crippen molar-refractivity contribution in [2.45, 2.75) is 44.8 Å². The Morgan fingerprint density at radius 2 is 2.15 bits per heavy atom. The number of likely N-dealkylation sites (tertiary alicyclic amines) is 1. The van der Waals surface area contributed by atoms with Crippen LogP contribution in [0, 0.1) is 17.0 Å². The number of nitro groups is 1. The van der Waals surface area contributed by atoms with Gasteiger partial charge < -0.3 is 5.32 Å². The highest BCUT2D eigenvalue weighted by Gasteiger charge is 2.29. The van der Waals surface area contributed by atoms with Crippen molar-refractivity contribution in [3.8, 4) is 0 Å². The normalized spacial score (nSPS) is 26.4. The number of nitrogens with one attached hydrogen (secondary N) is 1. The Bertz CT molecular complexity index is 518. The number of benzene rings is 1. The van der Waals surface area contributed by atoms with Crippen molar-refractivity contribution >= 4 is 5.69 Å². The summed E-state index contributed by atoms with van der Waals surface area (Å²) in [5.74, 6) is 0. The number of hydrogen-bond donors (Lipinski definition) is 1. The maximum atomic E-state index is 11.0. The first-order chi connectivity index (χ1) is 9.63. The fourth-order valence-electron chi connectivity index (χ4n) is 3.44. The van der Waals surface area contributed by atoms with Crippen LogP contribution in [0.4, 0.5) is 5.69 Å². The number of rotatable bonds is 3.